The van der Waals surface area contributed by atoms with Crippen molar-refractivity contribution in [2.24, 2.45) is 0 Å². The molecule has 1 aromatic carbocycles. The number of hydrogen-bond acceptors (Lipinski definition) is 3. The zero-order valence-corrected chi connectivity index (χ0v) is 11.4. The van der Waals surface area contributed by atoms with E-state index >= 15 is 0 Å². The Morgan fingerprint density at radius 3 is 2.63 bits per heavy atom. The number of carbonyl (C=O) groups excluding carboxylic acids is 1. The molecule has 0 saturated heterocycles. The first-order chi connectivity index (χ1) is 8.94. The van der Waals surface area contributed by atoms with Crippen molar-refractivity contribution in [3.8, 4) is 0 Å². The number of amides is 1. The van der Waals surface area contributed by atoms with Gasteiger partial charge in [-0.3, -0.25) is 4.79 Å². The number of halogens is 1. The van der Waals surface area contributed by atoms with Crippen molar-refractivity contribution in [3.63, 3.8) is 0 Å². The van der Waals surface area contributed by atoms with E-state index < -0.39 is 5.82 Å². The molecule has 0 radical (unpaired) electrons. The van der Waals surface area contributed by atoms with Crippen LogP contribution in [0.4, 0.5) is 10.1 Å². The SMILES string of the molecule is CN(C)C1(CNC(=O)c2ccc(F)cc2N)CCC1. The van der Waals surface area contributed by atoms with Crippen LogP contribution in [0.1, 0.15) is 29.6 Å². The van der Waals surface area contributed by atoms with Crippen molar-refractivity contribution >= 4 is 11.6 Å². The first-order valence-electron chi connectivity index (χ1n) is 6.45. The molecule has 19 heavy (non-hydrogen) atoms. The fourth-order valence-electron chi connectivity index (χ4n) is 2.45. The van der Waals surface area contributed by atoms with Gasteiger partial charge >= 0.3 is 0 Å². The predicted octanol–water partition coefficient (Wildman–Crippen LogP) is 1.62. The van der Waals surface area contributed by atoms with Crippen LogP contribution in [0.3, 0.4) is 0 Å². The summed E-state index contributed by atoms with van der Waals surface area (Å²) in [5.74, 6) is -0.677. The molecule has 0 heterocycles. The summed E-state index contributed by atoms with van der Waals surface area (Å²) in [6, 6.07) is 3.83. The largest absolute Gasteiger partial charge is 0.398 e. The summed E-state index contributed by atoms with van der Waals surface area (Å²) in [4.78, 5) is 14.2. The molecule has 4 nitrogen and oxygen atoms in total. The average Bonchev–Trinajstić information content (AvgIpc) is 2.26. The third kappa shape index (κ3) is 2.71. The molecule has 1 aromatic rings. The molecule has 0 atom stereocenters. The van der Waals surface area contributed by atoms with Crippen LogP contribution in [-0.2, 0) is 0 Å². The molecule has 0 aromatic heterocycles. The molecule has 0 unspecified atom stereocenters. The van der Waals surface area contributed by atoms with Crippen molar-refractivity contribution in [1.29, 1.82) is 0 Å². The topological polar surface area (TPSA) is 58.4 Å². The molecule has 5 heteroatoms. The van der Waals surface area contributed by atoms with Crippen molar-refractivity contribution in [2.45, 2.75) is 24.8 Å². The molecule has 2 rings (SSSR count). The lowest BCUT2D eigenvalue weighted by Gasteiger charge is -2.47. The maximum atomic E-state index is 12.9. The highest BCUT2D eigenvalue weighted by atomic mass is 19.1. The van der Waals surface area contributed by atoms with E-state index in [1.54, 1.807) is 0 Å². The Bertz CT molecular complexity index is 484. The highest BCUT2D eigenvalue weighted by molar-refractivity contribution is 5.99. The molecule has 0 spiro atoms. The number of nitrogens with zero attached hydrogens (tertiary/aromatic N) is 1. The van der Waals surface area contributed by atoms with Gasteiger partial charge < -0.3 is 16.0 Å². The molecule has 1 saturated carbocycles. The normalized spacial score (nSPS) is 17.1. The third-order valence-electron chi connectivity index (χ3n) is 4.07. The van der Waals surface area contributed by atoms with Crippen LogP contribution in [0.25, 0.3) is 0 Å². The predicted molar refractivity (Wildman–Crippen MR) is 73.4 cm³/mol. The minimum atomic E-state index is -0.433. The van der Waals surface area contributed by atoms with Gasteiger partial charge in [0.05, 0.1) is 5.56 Å². The van der Waals surface area contributed by atoms with Gasteiger partial charge in [-0.15, -0.1) is 0 Å². The number of nitrogens with one attached hydrogen (secondary N) is 1. The molecule has 1 aliphatic rings. The van der Waals surface area contributed by atoms with Crippen LogP contribution < -0.4 is 11.1 Å². The second kappa shape index (κ2) is 5.17. The standard InChI is InChI=1S/C14H20FN3O/c1-18(2)14(6-3-7-14)9-17-13(19)11-5-4-10(15)8-12(11)16/h4-5,8H,3,6-7,9,16H2,1-2H3,(H,17,19). The van der Waals surface area contributed by atoms with Gasteiger partial charge in [0.15, 0.2) is 0 Å². The first-order valence-corrected chi connectivity index (χ1v) is 6.45. The fourth-order valence-corrected chi connectivity index (χ4v) is 2.45. The Labute approximate surface area is 112 Å². The number of rotatable bonds is 4. The van der Waals surface area contributed by atoms with Crippen molar-refractivity contribution in [3.05, 3.63) is 29.6 Å². The van der Waals surface area contributed by atoms with E-state index in [1.807, 2.05) is 14.1 Å². The summed E-state index contributed by atoms with van der Waals surface area (Å²) in [7, 11) is 4.05. The summed E-state index contributed by atoms with van der Waals surface area (Å²) in [5.41, 5.74) is 6.22. The molecule has 1 amide bonds. The Balaban J connectivity index is 2.01. The zero-order chi connectivity index (χ0) is 14.0. The highest BCUT2D eigenvalue weighted by Crippen LogP contribution is 2.35. The van der Waals surface area contributed by atoms with Gasteiger partial charge in [-0.05, 0) is 51.6 Å². The second-order valence-electron chi connectivity index (χ2n) is 5.39. The van der Waals surface area contributed by atoms with Crippen LogP contribution in [0.15, 0.2) is 18.2 Å². The molecule has 3 N–H and O–H groups in total. The lowest BCUT2D eigenvalue weighted by atomic mass is 9.75. The van der Waals surface area contributed by atoms with E-state index in [-0.39, 0.29) is 17.1 Å². The number of benzene rings is 1. The summed E-state index contributed by atoms with van der Waals surface area (Å²) in [6.07, 6.45) is 3.35. The smallest absolute Gasteiger partial charge is 0.253 e. The number of anilines is 1. The minimum absolute atomic E-state index is 0.0600. The zero-order valence-electron chi connectivity index (χ0n) is 11.4. The van der Waals surface area contributed by atoms with Gasteiger partial charge in [0, 0.05) is 17.8 Å². The van der Waals surface area contributed by atoms with Gasteiger partial charge in [0.25, 0.3) is 5.91 Å². The lowest BCUT2D eigenvalue weighted by molar-refractivity contribution is 0.0558. The van der Waals surface area contributed by atoms with Gasteiger partial charge in [-0.25, -0.2) is 4.39 Å². The molecular weight excluding hydrogens is 245 g/mol. The molecular formula is C14H20FN3O. The van der Waals surface area contributed by atoms with E-state index in [0.717, 1.165) is 12.8 Å². The summed E-state index contributed by atoms with van der Waals surface area (Å²) in [6.45, 7) is 0.593. The van der Waals surface area contributed by atoms with Gasteiger partial charge in [-0.1, -0.05) is 0 Å². The van der Waals surface area contributed by atoms with Gasteiger partial charge in [-0.2, -0.15) is 0 Å². The maximum absolute atomic E-state index is 12.9. The van der Waals surface area contributed by atoms with Crippen LogP contribution in [0.2, 0.25) is 0 Å². The van der Waals surface area contributed by atoms with Crippen molar-refractivity contribution in [2.75, 3.05) is 26.4 Å². The van der Waals surface area contributed by atoms with E-state index in [4.69, 9.17) is 5.73 Å². The minimum Gasteiger partial charge on any atom is -0.398 e. The number of nitrogen functional groups attached to an aromatic ring is 1. The van der Waals surface area contributed by atoms with E-state index in [0.29, 0.717) is 12.1 Å². The number of carbonyl (C=O) groups is 1. The summed E-state index contributed by atoms with van der Waals surface area (Å²) >= 11 is 0. The molecule has 0 bridgehead atoms. The van der Waals surface area contributed by atoms with Crippen LogP contribution >= 0.6 is 0 Å². The lowest BCUT2D eigenvalue weighted by Crippen LogP contribution is -2.57. The number of nitrogens with two attached hydrogens (primary N) is 1. The Morgan fingerprint density at radius 1 is 1.47 bits per heavy atom. The molecule has 1 aliphatic carbocycles. The Hall–Kier alpha value is -1.62. The third-order valence-corrected chi connectivity index (χ3v) is 4.07. The van der Waals surface area contributed by atoms with Crippen LogP contribution in [-0.4, -0.2) is 37.0 Å². The number of hydrogen-bond donors (Lipinski definition) is 2. The van der Waals surface area contributed by atoms with Gasteiger partial charge in [0.1, 0.15) is 5.82 Å². The van der Waals surface area contributed by atoms with Crippen LogP contribution in [0, 0.1) is 5.82 Å². The molecule has 104 valence electrons. The highest BCUT2D eigenvalue weighted by Gasteiger charge is 2.39. The first kappa shape index (κ1) is 13.8. The van der Waals surface area contributed by atoms with E-state index in [9.17, 15) is 9.18 Å². The Morgan fingerprint density at radius 2 is 2.16 bits per heavy atom. The summed E-state index contributed by atoms with van der Waals surface area (Å²) in [5, 5.41) is 2.90. The maximum Gasteiger partial charge on any atom is 0.253 e. The van der Waals surface area contributed by atoms with Crippen LogP contribution in [0.5, 0.6) is 0 Å². The monoisotopic (exact) mass is 265 g/mol. The molecule has 0 aliphatic heterocycles. The average molecular weight is 265 g/mol. The Kier molecular flexibility index (Phi) is 3.75. The van der Waals surface area contributed by atoms with Gasteiger partial charge in [0.2, 0.25) is 0 Å². The second-order valence-corrected chi connectivity index (χ2v) is 5.39. The van der Waals surface area contributed by atoms with Crippen molar-refractivity contribution in [1.82, 2.24) is 10.2 Å². The molecule has 1 fully saturated rings. The number of likely N-dealkylation sites (N-methyl/N-ethyl adjacent to an activating group) is 1. The van der Waals surface area contributed by atoms with E-state index in [1.165, 1.54) is 24.6 Å². The van der Waals surface area contributed by atoms with Crippen molar-refractivity contribution < 1.29 is 9.18 Å². The summed E-state index contributed by atoms with van der Waals surface area (Å²) < 4.78 is 12.9. The fraction of sp³-hybridized carbons (Fsp3) is 0.500. The van der Waals surface area contributed by atoms with E-state index in [2.05, 4.69) is 10.2 Å². The quantitative estimate of drug-likeness (QED) is 0.813.